The molecule has 0 aromatic heterocycles. The van der Waals surface area contributed by atoms with Gasteiger partial charge < -0.3 is 16.0 Å². The van der Waals surface area contributed by atoms with Crippen molar-refractivity contribution in [1.29, 1.82) is 0 Å². The second kappa shape index (κ2) is 12.6. The maximum Gasteiger partial charge on any atom is 0.239 e. The lowest BCUT2D eigenvalue weighted by atomic mass is 10.1. The van der Waals surface area contributed by atoms with E-state index in [1.165, 1.54) is 5.69 Å². The van der Waals surface area contributed by atoms with Gasteiger partial charge in [0.1, 0.15) is 0 Å². The molecule has 1 aromatic carbocycles. The molecule has 2 rings (SSSR count). The molecule has 1 aliphatic heterocycles. The fourth-order valence-electron chi connectivity index (χ4n) is 2.60. The first kappa shape index (κ1) is 26.5. The Bertz CT molecular complexity index is 475. The second-order valence-electron chi connectivity index (χ2n) is 6.50. The van der Waals surface area contributed by atoms with Crippen molar-refractivity contribution in [2.75, 3.05) is 44.2 Å². The quantitative estimate of drug-likeness (QED) is 0.703. The van der Waals surface area contributed by atoms with E-state index in [2.05, 4.69) is 45.4 Å². The third-order valence-corrected chi connectivity index (χ3v) is 4.02. The van der Waals surface area contributed by atoms with E-state index in [0.29, 0.717) is 6.54 Å². The van der Waals surface area contributed by atoms with Crippen LogP contribution in [0.3, 0.4) is 0 Å². The Labute approximate surface area is 169 Å². The maximum absolute atomic E-state index is 11.7. The molecular formula is C17H31Cl3N4O. The first-order valence-electron chi connectivity index (χ1n) is 8.06. The molecule has 0 radical (unpaired) electrons. The number of piperazine rings is 1. The van der Waals surface area contributed by atoms with E-state index in [1.807, 2.05) is 0 Å². The Morgan fingerprint density at radius 1 is 1.08 bits per heavy atom. The van der Waals surface area contributed by atoms with Gasteiger partial charge in [0.2, 0.25) is 5.91 Å². The van der Waals surface area contributed by atoms with Gasteiger partial charge in [-0.2, -0.15) is 0 Å². The van der Waals surface area contributed by atoms with E-state index in [9.17, 15) is 4.79 Å². The molecule has 0 bridgehead atoms. The Kier molecular flexibility index (Phi) is 13.4. The molecule has 1 saturated heterocycles. The first-order chi connectivity index (χ1) is 10.5. The minimum absolute atomic E-state index is 0. The molecule has 1 amide bonds. The van der Waals surface area contributed by atoms with Crippen molar-refractivity contribution >= 4 is 48.8 Å². The number of amides is 1. The average Bonchev–Trinajstić information content (AvgIpc) is 2.52. The molecule has 1 aliphatic rings. The molecule has 0 atom stereocenters. The van der Waals surface area contributed by atoms with E-state index < -0.39 is 5.54 Å². The number of hydrogen-bond donors (Lipinski definition) is 2. The van der Waals surface area contributed by atoms with Gasteiger partial charge in [0.05, 0.1) is 5.54 Å². The van der Waals surface area contributed by atoms with Crippen molar-refractivity contribution in [3.8, 4) is 0 Å². The number of carbonyl (C=O) groups excluding carboxylic acids is 1. The number of anilines is 1. The number of nitrogens with one attached hydrogen (secondary N) is 1. The number of para-hydroxylation sites is 1. The number of hydrogen-bond acceptors (Lipinski definition) is 4. The van der Waals surface area contributed by atoms with Crippen molar-refractivity contribution in [2.24, 2.45) is 5.73 Å². The van der Waals surface area contributed by atoms with Gasteiger partial charge in [-0.05, 0) is 38.9 Å². The highest BCUT2D eigenvalue weighted by atomic mass is 35.5. The Hall–Kier alpha value is -0.720. The fraction of sp³-hybridized carbons (Fsp3) is 0.588. The monoisotopic (exact) mass is 412 g/mol. The summed E-state index contributed by atoms with van der Waals surface area (Å²) in [5, 5.41) is 2.90. The summed E-state index contributed by atoms with van der Waals surface area (Å²) in [6.07, 6.45) is 0.965. The van der Waals surface area contributed by atoms with E-state index >= 15 is 0 Å². The van der Waals surface area contributed by atoms with Crippen LogP contribution in [-0.2, 0) is 4.79 Å². The predicted octanol–water partition coefficient (Wildman–Crippen LogP) is 2.32. The van der Waals surface area contributed by atoms with Crippen molar-refractivity contribution in [2.45, 2.75) is 25.8 Å². The molecule has 1 fully saturated rings. The molecule has 8 heteroatoms. The lowest BCUT2D eigenvalue weighted by molar-refractivity contribution is -0.125. The topological polar surface area (TPSA) is 61.6 Å². The summed E-state index contributed by atoms with van der Waals surface area (Å²) in [4.78, 5) is 16.5. The zero-order valence-electron chi connectivity index (χ0n) is 14.9. The fourth-order valence-corrected chi connectivity index (χ4v) is 2.60. The highest BCUT2D eigenvalue weighted by Gasteiger charge is 2.21. The van der Waals surface area contributed by atoms with Crippen LogP contribution in [0, 0.1) is 0 Å². The molecule has 1 aromatic rings. The Morgan fingerprint density at radius 2 is 1.64 bits per heavy atom. The van der Waals surface area contributed by atoms with Crippen molar-refractivity contribution in [3.05, 3.63) is 30.3 Å². The molecule has 0 aliphatic carbocycles. The number of halogens is 3. The summed E-state index contributed by atoms with van der Waals surface area (Å²) in [5.41, 5.74) is 6.26. The van der Waals surface area contributed by atoms with Gasteiger partial charge in [-0.15, -0.1) is 37.2 Å². The maximum atomic E-state index is 11.7. The van der Waals surface area contributed by atoms with Crippen LogP contribution in [0.5, 0.6) is 0 Å². The molecule has 0 saturated carbocycles. The van der Waals surface area contributed by atoms with Gasteiger partial charge in [0.15, 0.2) is 0 Å². The van der Waals surface area contributed by atoms with E-state index in [4.69, 9.17) is 5.73 Å². The number of benzene rings is 1. The minimum Gasteiger partial charge on any atom is -0.369 e. The van der Waals surface area contributed by atoms with Gasteiger partial charge in [-0.1, -0.05) is 18.2 Å². The van der Waals surface area contributed by atoms with Crippen LogP contribution in [0.1, 0.15) is 20.3 Å². The second-order valence-corrected chi connectivity index (χ2v) is 6.50. The summed E-state index contributed by atoms with van der Waals surface area (Å²) in [5.74, 6) is -0.0820. The molecule has 146 valence electrons. The van der Waals surface area contributed by atoms with E-state index in [-0.39, 0.29) is 43.1 Å². The third kappa shape index (κ3) is 8.97. The molecule has 5 nitrogen and oxygen atoms in total. The lowest BCUT2D eigenvalue weighted by Gasteiger charge is -2.36. The summed E-state index contributed by atoms with van der Waals surface area (Å²) in [6, 6.07) is 10.6. The first-order valence-corrected chi connectivity index (χ1v) is 8.06. The smallest absolute Gasteiger partial charge is 0.239 e. The van der Waals surface area contributed by atoms with Crippen LogP contribution < -0.4 is 16.0 Å². The molecule has 3 N–H and O–H groups in total. The summed E-state index contributed by atoms with van der Waals surface area (Å²) in [6.45, 7) is 9.44. The predicted molar refractivity (Wildman–Crippen MR) is 113 cm³/mol. The highest BCUT2D eigenvalue weighted by molar-refractivity contribution is 5.86. The molecular weight excluding hydrogens is 383 g/mol. The highest BCUT2D eigenvalue weighted by Crippen LogP contribution is 2.15. The van der Waals surface area contributed by atoms with Gasteiger partial charge in [0.25, 0.3) is 0 Å². The molecule has 0 spiro atoms. The lowest BCUT2D eigenvalue weighted by Crippen LogP contribution is -2.50. The number of nitrogens with two attached hydrogens (primary N) is 1. The van der Waals surface area contributed by atoms with Crippen molar-refractivity contribution < 1.29 is 4.79 Å². The zero-order valence-corrected chi connectivity index (χ0v) is 17.4. The number of rotatable bonds is 6. The van der Waals surface area contributed by atoms with Gasteiger partial charge in [-0.25, -0.2) is 0 Å². The van der Waals surface area contributed by atoms with Crippen LogP contribution in [0.2, 0.25) is 0 Å². The summed E-state index contributed by atoms with van der Waals surface area (Å²) < 4.78 is 0. The van der Waals surface area contributed by atoms with Crippen LogP contribution >= 0.6 is 37.2 Å². The van der Waals surface area contributed by atoms with Crippen molar-refractivity contribution in [1.82, 2.24) is 10.2 Å². The van der Waals surface area contributed by atoms with Gasteiger partial charge in [-0.3, -0.25) is 9.69 Å². The Balaban J connectivity index is 0. The van der Waals surface area contributed by atoms with Crippen molar-refractivity contribution in [3.63, 3.8) is 0 Å². The van der Waals surface area contributed by atoms with Gasteiger partial charge >= 0.3 is 0 Å². The summed E-state index contributed by atoms with van der Waals surface area (Å²) in [7, 11) is 0. The largest absolute Gasteiger partial charge is 0.369 e. The van der Waals surface area contributed by atoms with Crippen LogP contribution in [0.4, 0.5) is 5.69 Å². The van der Waals surface area contributed by atoms with Crippen LogP contribution in [-0.4, -0.2) is 55.6 Å². The number of nitrogens with zero attached hydrogens (tertiary/aromatic N) is 2. The molecule has 0 unspecified atom stereocenters. The van der Waals surface area contributed by atoms with E-state index in [1.54, 1.807) is 13.8 Å². The molecule has 25 heavy (non-hydrogen) atoms. The van der Waals surface area contributed by atoms with E-state index in [0.717, 1.165) is 39.1 Å². The molecule has 1 heterocycles. The standard InChI is InChI=1S/C17H28N4O.3ClH/c1-17(2,18)16(22)19-9-6-10-20-11-13-21(14-12-20)15-7-4-3-5-8-15;;;/h3-5,7-8H,6,9-14,18H2,1-2H3,(H,19,22);3*1H. The number of carbonyl (C=O) groups is 1. The van der Waals surface area contributed by atoms with Crippen LogP contribution in [0.25, 0.3) is 0 Å². The van der Waals surface area contributed by atoms with Crippen LogP contribution in [0.15, 0.2) is 30.3 Å². The average molecular weight is 414 g/mol. The Morgan fingerprint density at radius 3 is 2.16 bits per heavy atom. The zero-order chi connectivity index (χ0) is 16.0. The third-order valence-electron chi connectivity index (χ3n) is 4.02. The summed E-state index contributed by atoms with van der Waals surface area (Å²) >= 11 is 0. The minimum atomic E-state index is -0.790. The van der Waals surface area contributed by atoms with Gasteiger partial charge in [0, 0.05) is 38.4 Å². The normalized spacial score (nSPS) is 14.6. The SMILES string of the molecule is CC(C)(N)C(=O)NCCCN1CCN(c2ccccc2)CC1.Cl.Cl.Cl.